The molecule has 0 bridgehead atoms. The third-order valence-electron chi connectivity index (χ3n) is 5.35. The second kappa shape index (κ2) is 11.3. The molecule has 2 aromatic carbocycles. The molecule has 0 saturated carbocycles. The Kier molecular flexibility index (Phi) is 8.24. The maximum absolute atomic E-state index is 12.7. The van der Waals surface area contributed by atoms with E-state index in [0.29, 0.717) is 19.7 Å². The van der Waals surface area contributed by atoms with Crippen LogP contribution < -0.4 is 10.1 Å². The summed E-state index contributed by atoms with van der Waals surface area (Å²) >= 11 is 0. The van der Waals surface area contributed by atoms with E-state index in [2.05, 4.69) is 5.32 Å². The summed E-state index contributed by atoms with van der Waals surface area (Å²) in [6.07, 6.45) is 4.91. The predicted octanol–water partition coefficient (Wildman–Crippen LogP) is 3.42. The number of hydrogen-bond donors (Lipinski definition) is 1. The fourth-order valence-electron chi connectivity index (χ4n) is 3.52. The number of rotatable bonds is 8. The largest absolute Gasteiger partial charge is 0.497 e. The molecule has 1 fully saturated rings. The van der Waals surface area contributed by atoms with Crippen molar-refractivity contribution in [1.82, 2.24) is 10.2 Å². The lowest BCUT2D eigenvalue weighted by atomic mass is 10.1. The molecule has 0 radical (unpaired) electrons. The number of nitrogens with one attached hydrogen (secondary N) is 1. The third kappa shape index (κ3) is 6.96. The summed E-state index contributed by atoms with van der Waals surface area (Å²) in [7, 11) is 1.61. The molecule has 1 unspecified atom stereocenters. The Labute approximate surface area is 183 Å². The number of carbonyl (C=O) groups is 2. The van der Waals surface area contributed by atoms with Crippen LogP contribution in [-0.2, 0) is 20.9 Å². The number of piperidine rings is 1. The van der Waals surface area contributed by atoms with E-state index in [9.17, 15) is 9.59 Å². The average Bonchev–Trinajstić information content (AvgIpc) is 2.82. The van der Waals surface area contributed by atoms with Gasteiger partial charge in [0.1, 0.15) is 11.8 Å². The van der Waals surface area contributed by atoms with E-state index in [1.807, 2.05) is 54.6 Å². The highest BCUT2D eigenvalue weighted by molar-refractivity contribution is 5.95. The number of ether oxygens (including phenoxy) is 2. The first-order valence-electron chi connectivity index (χ1n) is 10.6. The maximum Gasteiger partial charge on any atom is 0.244 e. The Morgan fingerprint density at radius 3 is 2.42 bits per heavy atom. The van der Waals surface area contributed by atoms with Crippen LogP contribution in [0.4, 0.5) is 0 Å². The molecule has 1 heterocycles. The van der Waals surface area contributed by atoms with Crippen LogP contribution in [0.25, 0.3) is 6.08 Å². The van der Waals surface area contributed by atoms with E-state index >= 15 is 0 Å². The molecule has 1 atom stereocenters. The second-order valence-electron chi connectivity index (χ2n) is 7.66. The number of benzene rings is 2. The number of hydrogen-bond acceptors (Lipinski definition) is 4. The van der Waals surface area contributed by atoms with Gasteiger partial charge in [0.05, 0.1) is 19.8 Å². The molecular formula is C25H30N2O4. The molecule has 6 nitrogen and oxygen atoms in total. The Morgan fingerprint density at radius 2 is 1.77 bits per heavy atom. The minimum Gasteiger partial charge on any atom is -0.497 e. The van der Waals surface area contributed by atoms with Gasteiger partial charge in [-0.1, -0.05) is 42.5 Å². The zero-order chi connectivity index (χ0) is 22.1. The minimum absolute atomic E-state index is 0.0623. The molecule has 1 aliphatic rings. The minimum atomic E-state index is -0.574. The van der Waals surface area contributed by atoms with E-state index in [0.717, 1.165) is 29.7 Å². The van der Waals surface area contributed by atoms with Gasteiger partial charge in [0.2, 0.25) is 11.8 Å². The van der Waals surface area contributed by atoms with E-state index in [1.54, 1.807) is 25.0 Å². The molecule has 0 spiro atoms. The number of methoxy groups -OCH3 is 1. The predicted molar refractivity (Wildman–Crippen MR) is 120 cm³/mol. The molecule has 164 valence electrons. The van der Waals surface area contributed by atoms with E-state index in [-0.39, 0.29) is 17.9 Å². The van der Waals surface area contributed by atoms with Gasteiger partial charge in [-0.2, -0.15) is 0 Å². The summed E-state index contributed by atoms with van der Waals surface area (Å²) in [4.78, 5) is 26.7. The van der Waals surface area contributed by atoms with Crippen LogP contribution >= 0.6 is 0 Å². The summed E-state index contributed by atoms with van der Waals surface area (Å²) in [6, 6.07) is 16.9. The van der Waals surface area contributed by atoms with Crippen LogP contribution in [0.1, 0.15) is 30.9 Å². The zero-order valence-corrected chi connectivity index (χ0v) is 18.1. The molecule has 1 aliphatic heterocycles. The molecule has 1 N–H and O–H groups in total. The van der Waals surface area contributed by atoms with Crippen molar-refractivity contribution in [2.24, 2.45) is 0 Å². The Hall–Kier alpha value is -3.12. The van der Waals surface area contributed by atoms with Crippen LogP contribution in [-0.4, -0.2) is 49.1 Å². The highest BCUT2D eigenvalue weighted by atomic mass is 16.5. The van der Waals surface area contributed by atoms with Crippen molar-refractivity contribution in [3.8, 4) is 5.75 Å². The van der Waals surface area contributed by atoms with Crippen LogP contribution in [0.3, 0.4) is 0 Å². The number of carbonyl (C=O) groups excluding carboxylic acids is 2. The maximum atomic E-state index is 12.7. The topological polar surface area (TPSA) is 67.9 Å². The molecule has 1 saturated heterocycles. The fourth-order valence-corrected chi connectivity index (χ4v) is 3.52. The lowest BCUT2D eigenvalue weighted by Gasteiger charge is -2.33. The van der Waals surface area contributed by atoms with Crippen molar-refractivity contribution in [3.63, 3.8) is 0 Å². The summed E-state index contributed by atoms with van der Waals surface area (Å²) in [5, 5.41) is 2.75. The first kappa shape index (κ1) is 22.6. The molecular weight excluding hydrogens is 392 g/mol. The average molecular weight is 423 g/mol. The molecule has 31 heavy (non-hydrogen) atoms. The number of amides is 2. The van der Waals surface area contributed by atoms with Gasteiger partial charge >= 0.3 is 0 Å². The van der Waals surface area contributed by atoms with Crippen LogP contribution in [0.2, 0.25) is 0 Å². The smallest absolute Gasteiger partial charge is 0.244 e. The Morgan fingerprint density at radius 1 is 1.10 bits per heavy atom. The second-order valence-corrected chi connectivity index (χ2v) is 7.66. The van der Waals surface area contributed by atoms with E-state index in [1.165, 1.54) is 6.08 Å². The highest BCUT2D eigenvalue weighted by Crippen LogP contribution is 2.17. The van der Waals surface area contributed by atoms with Crippen molar-refractivity contribution >= 4 is 17.9 Å². The first-order chi connectivity index (χ1) is 15.0. The van der Waals surface area contributed by atoms with Crippen LogP contribution in [0, 0.1) is 0 Å². The van der Waals surface area contributed by atoms with Gasteiger partial charge in [0.15, 0.2) is 0 Å². The van der Waals surface area contributed by atoms with Crippen molar-refractivity contribution in [2.75, 3.05) is 20.2 Å². The zero-order valence-electron chi connectivity index (χ0n) is 18.1. The lowest BCUT2D eigenvalue weighted by Crippen LogP contribution is -2.49. The van der Waals surface area contributed by atoms with Gasteiger partial charge in [-0.15, -0.1) is 0 Å². The van der Waals surface area contributed by atoms with Gasteiger partial charge < -0.3 is 19.7 Å². The number of likely N-dealkylation sites (tertiary alicyclic amines) is 1. The molecule has 0 aromatic heterocycles. The van der Waals surface area contributed by atoms with Crippen molar-refractivity contribution in [1.29, 1.82) is 0 Å². The van der Waals surface area contributed by atoms with Gasteiger partial charge in [-0.25, -0.2) is 0 Å². The monoisotopic (exact) mass is 422 g/mol. The Bertz CT molecular complexity index is 872. The summed E-state index contributed by atoms with van der Waals surface area (Å²) < 4.78 is 11.1. The van der Waals surface area contributed by atoms with Gasteiger partial charge in [-0.3, -0.25) is 9.59 Å². The van der Waals surface area contributed by atoms with Crippen molar-refractivity contribution in [2.45, 2.75) is 38.5 Å². The van der Waals surface area contributed by atoms with Gasteiger partial charge in [0, 0.05) is 19.2 Å². The number of nitrogens with zero attached hydrogens (tertiary/aromatic N) is 1. The molecule has 6 heteroatoms. The van der Waals surface area contributed by atoms with E-state index < -0.39 is 6.04 Å². The van der Waals surface area contributed by atoms with E-state index in [4.69, 9.17) is 9.47 Å². The van der Waals surface area contributed by atoms with Gasteiger partial charge in [0.25, 0.3) is 0 Å². The lowest BCUT2D eigenvalue weighted by molar-refractivity contribution is -0.137. The fraction of sp³-hybridized carbons (Fsp3) is 0.360. The Balaban J connectivity index is 1.40. The standard InChI is InChI=1S/C25H30N2O4/c1-19(26-24(28)13-10-20-8-11-22(30-2)12-9-20)25(29)27-16-14-23(15-17-27)31-18-21-6-4-3-5-7-21/h3-13,19,23H,14-18H2,1-2H3,(H,26,28)/b13-10+. The SMILES string of the molecule is COc1ccc(/C=C/C(=O)NC(C)C(=O)N2CCC(OCc3ccccc3)CC2)cc1. The summed E-state index contributed by atoms with van der Waals surface area (Å²) in [6.45, 7) is 3.59. The summed E-state index contributed by atoms with van der Waals surface area (Å²) in [5.41, 5.74) is 2.03. The molecule has 0 aliphatic carbocycles. The molecule has 2 amide bonds. The highest BCUT2D eigenvalue weighted by Gasteiger charge is 2.26. The van der Waals surface area contributed by atoms with Crippen LogP contribution in [0.15, 0.2) is 60.7 Å². The molecule has 2 aromatic rings. The van der Waals surface area contributed by atoms with Crippen molar-refractivity contribution in [3.05, 3.63) is 71.8 Å². The first-order valence-corrected chi connectivity index (χ1v) is 10.6. The molecule has 3 rings (SSSR count). The normalized spacial score (nSPS) is 15.6. The quantitative estimate of drug-likeness (QED) is 0.662. The third-order valence-corrected chi connectivity index (χ3v) is 5.35. The van der Waals surface area contributed by atoms with Crippen molar-refractivity contribution < 1.29 is 19.1 Å². The van der Waals surface area contributed by atoms with Crippen LogP contribution in [0.5, 0.6) is 5.75 Å². The summed E-state index contributed by atoms with van der Waals surface area (Å²) in [5.74, 6) is 0.403. The van der Waals surface area contributed by atoms with Gasteiger partial charge in [-0.05, 0) is 49.1 Å².